The number of amides is 1. The van der Waals surface area contributed by atoms with Crippen LogP contribution < -0.4 is 10.2 Å². The predicted molar refractivity (Wildman–Crippen MR) is 89.5 cm³/mol. The molecule has 0 radical (unpaired) electrons. The fourth-order valence-electron chi connectivity index (χ4n) is 2.77. The molecule has 1 aliphatic heterocycles. The number of hydrogen-bond donors (Lipinski definition) is 1. The Kier molecular flexibility index (Phi) is 4.93. The molecule has 9 heteroatoms. The smallest absolute Gasteiger partial charge is 0.332 e. The van der Waals surface area contributed by atoms with Gasteiger partial charge in [-0.3, -0.25) is 4.79 Å². The fraction of sp³-hybridized carbons (Fsp3) is 0.312. The molecular formula is C16H17FN4O3S. The van der Waals surface area contributed by atoms with Crippen molar-refractivity contribution in [2.24, 2.45) is 0 Å². The van der Waals surface area contributed by atoms with Gasteiger partial charge in [0, 0.05) is 30.9 Å². The lowest BCUT2D eigenvalue weighted by atomic mass is 10.0. The van der Waals surface area contributed by atoms with Gasteiger partial charge < -0.3 is 10.2 Å². The van der Waals surface area contributed by atoms with Crippen LogP contribution in [0.3, 0.4) is 0 Å². The first-order valence-corrected chi connectivity index (χ1v) is 9.20. The van der Waals surface area contributed by atoms with E-state index in [0.29, 0.717) is 0 Å². The van der Waals surface area contributed by atoms with Crippen molar-refractivity contribution in [2.75, 3.05) is 18.0 Å². The molecule has 3 rings (SSSR count). The van der Waals surface area contributed by atoms with Crippen molar-refractivity contribution in [3.63, 3.8) is 0 Å². The number of piperidine rings is 1. The minimum atomic E-state index is -4.83. The summed E-state index contributed by atoms with van der Waals surface area (Å²) in [5.74, 6) is 0.386. The molecule has 1 aromatic carbocycles. The number of carbonyl (C=O) groups excluding carboxylic acids is 1. The quantitative estimate of drug-likeness (QED) is 0.827. The number of nitrogens with one attached hydrogen (secondary N) is 1. The van der Waals surface area contributed by atoms with Crippen molar-refractivity contribution < 1.29 is 17.1 Å². The number of hydrogen-bond acceptors (Lipinski definition) is 6. The molecule has 132 valence electrons. The van der Waals surface area contributed by atoms with E-state index in [2.05, 4.69) is 20.4 Å². The minimum Gasteiger partial charge on any atom is -0.355 e. The van der Waals surface area contributed by atoms with Crippen LogP contribution in [0.4, 0.5) is 9.70 Å². The van der Waals surface area contributed by atoms with Gasteiger partial charge in [0.2, 0.25) is 0 Å². The zero-order chi connectivity index (χ0) is 17.9. The average Bonchev–Trinajstić information content (AvgIpc) is 2.62. The molecule has 0 spiro atoms. The molecule has 0 bridgehead atoms. The molecule has 2 aromatic rings. The number of anilines is 1. The van der Waals surface area contributed by atoms with Crippen LogP contribution in [0.25, 0.3) is 0 Å². The van der Waals surface area contributed by atoms with E-state index >= 15 is 0 Å². The molecule has 0 unspecified atom stereocenters. The van der Waals surface area contributed by atoms with E-state index in [-0.39, 0.29) is 11.6 Å². The van der Waals surface area contributed by atoms with Gasteiger partial charge in [0.1, 0.15) is 0 Å². The van der Waals surface area contributed by atoms with Crippen LogP contribution in [-0.4, -0.2) is 43.7 Å². The second-order valence-electron chi connectivity index (χ2n) is 5.78. The highest BCUT2D eigenvalue weighted by atomic mass is 32.3. The Morgan fingerprint density at radius 1 is 1.20 bits per heavy atom. The van der Waals surface area contributed by atoms with Crippen LogP contribution in [0.5, 0.6) is 0 Å². The van der Waals surface area contributed by atoms with E-state index in [4.69, 9.17) is 0 Å². The van der Waals surface area contributed by atoms with Crippen molar-refractivity contribution in [2.45, 2.75) is 23.8 Å². The lowest BCUT2D eigenvalue weighted by molar-refractivity contribution is 0.0931. The minimum absolute atomic E-state index is 0.0361. The van der Waals surface area contributed by atoms with Crippen LogP contribution in [0, 0.1) is 0 Å². The summed E-state index contributed by atoms with van der Waals surface area (Å²) >= 11 is 0. The zero-order valence-electron chi connectivity index (χ0n) is 13.3. The zero-order valence-corrected chi connectivity index (χ0v) is 14.1. The number of carbonyl (C=O) groups is 1. The van der Waals surface area contributed by atoms with Crippen molar-refractivity contribution in [3.05, 3.63) is 48.2 Å². The number of nitrogens with zero attached hydrogens (tertiary/aromatic N) is 3. The van der Waals surface area contributed by atoms with Gasteiger partial charge in [0.05, 0.1) is 4.90 Å². The first kappa shape index (κ1) is 17.3. The van der Waals surface area contributed by atoms with E-state index < -0.39 is 21.0 Å². The van der Waals surface area contributed by atoms with Crippen molar-refractivity contribution in [3.8, 4) is 0 Å². The molecule has 25 heavy (non-hydrogen) atoms. The monoisotopic (exact) mass is 364 g/mol. The first-order chi connectivity index (χ1) is 11.9. The Bertz CT molecular complexity index is 853. The highest BCUT2D eigenvalue weighted by Gasteiger charge is 2.22. The van der Waals surface area contributed by atoms with Gasteiger partial charge in [-0.05, 0) is 43.2 Å². The fourth-order valence-corrected chi connectivity index (χ4v) is 3.28. The molecule has 1 N–H and O–H groups in total. The molecule has 0 saturated carbocycles. The van der Waals surface area contributed by atoms with Gasteiger partial charge in [-0.15, -0.1) is 8.98 Å². The number of benzene rings is 1. The molecule has 7 nitrogen and oxygen atoms in total. The molecular weight excluding hydrogens is 347 g/mol. The standard InChI is InChI=1S/C16H17FN4O3S/c17-25(23,24)14-4-1-3-12(11-14)16(22)19-13-6-9-21(10-7-13)15-5-2-8-18-20-15/h1-5,8,11,13H,6-7,9-10H2,(H,19,22). The SMILES string of the molecule is O=C(NC1CCN(c2cccnn2)CC1)c1cccc(S(=O)(=O)F)c1. The molecule has 1 aromatic heterocycles. The summed E-state index contributed by atoms with van der Waals surface area (Å²) in [6.45, 7) is 1.45. The van der Waals surface area contributed by atoms with Crippen LogP contribution in [0.2, 0.25) is 0 Å². The molecule has 1 amide bonds. The highest BCUT2D eigenvalue weighted by molar-refractivity contribution is 7.86. The van der Waals surface area contributed by atoms with Crippen molar-refractivity contribution in [1.82, 2.24) is 15.5 Å². The van der Waals surface area contributed by atoms with E-state index in [1.165, 1.54) is 12.1 Å². The molecule has 0 aliphatic carbocycles. The van der Waals surface area contributed by atoms with Gasteiger partial charge in [0.15, 0.2) is 5.82 Å². The predicted octanol–water partition coefficient (Wildman–Crippen LogP) is 1.53. The summed E-state index contributed by atoms with van der Waals surface area (Å²) < 4.78 is 35.0. The third kappa shape index (κ3) is 4.30. The third-order valence-electron chi connectivity index (χ3n) is 4.09. The Morgan fingerprint density at radius 2 is 1.96 bits per heavy atom. The summed E-state index contributed by atoms with van der Waals surface area (Å²) in [6.07, 6.45) is 3.06. The van der Waals surface area contributed by atoms with Crippen molar-refractivity contribution >= 4 is 21.9 Å². The first-order valence-electron chi connectivity index (χ1n) is 7.82. The maximum absolute atomic E-state index is 13.1. The largest absolute Gasteiger partial charge is 0.355 e. The summed E-state index contributed by atoms with van der Waals surface area (Å²) in [5, 5.41) is 10.8. The second-order valence-corrected chi connectivity index (χ2v) is 7.13. The topological polar surface area (TPSA) is 92.3 Å². The molecule has 1 aliphatic rings. The number of halogens is 1. The van der Waals surface area contributed by atoms with E-state index in [1.54, 1.807) is 6.20 Å². The van der Waals surface area contributed by atoms with E-state index in [1.807, 2.05) is 12.1 Å². The van der Waals surface area contributed by atoms with Gasteiger partial charge in [0.25, 0.3) is 5.91 Å². The molecule has 0 atom stereocenters. The normalized spacial score (nSPS) is 15.8. The molecule has 1 saturated heterocycles. The average molecular weight is 364 g/mol. The Labute approximate surface area is 145 Å². The molecule has 2 heterocycles. The maximum atomic E-state index is 13.1. The lowest BCUT2D eigenvalue weighted by Crippen LogP contribution is -2.45. The maximum Gasteiger partial charge on any atom is 0.332 e. The lowest BCUT2D eigenvalue weighted by Gasteiger charge is -2.32. The summed E-state index contributed by atoms with van der Waals surface area (Å²) in [7, 11) is -4.83. The third-order valence-corrected chi connectivity index (χ3v) is 4.91. The van der Waals surface area contributed by atoms with Crippen LogP contribution in [0.1, 0.15) is 23.2 Å². The molecule has 1 fully saturated rings. The van der Waals surface area contributed by atoms with Gasteiger partial charge >= 0.3 is 10.2 Å². The van der Waals surface area contributed by atoms with E-state index in [0.717, 1.165) is 43.9 Å². The van der Waals surface area contributed by atoms with Crippen LogP contribution in [-0.2, 0) is 10.2 Å². The number of rotatable bonds is 4. The Balaban J connectivity index is 1.60. The Hall–Kier alpha value is -2.55. The van der Waals surface area contributed by atoms with E-state index in [9.17, 15) is 17.1 Å². The summed E-state index contributed by atoms with van der Waals surface area (Å²) in [4.78, 5) is 13.9. The summed E-state index contributed by atoms with van der Waals surface area (Å²) in [5.41, 5.74) is 0.120. The van der Waals surface area contributed by atoms with Crippen LogP contribution in [0.15, 0.2) is 47.5 Å². The van der Waals surface area contributed by atoms with Gasteiger partial charge in [-0.2, -0.15) is 13.5 Å². The highest BCUT2D eigenvalue weighted by Crippen LogP contribution is 2.18. The van der Waals surface area contributed by atoms with Crippen LogP contribution >= 0.6 is 0 Å². The second kappa shape index (κ2) is 7.14. The summed E-state index contributed by atoms with van der Waals surface area (Å²) in [6, 6.07) is 8.63. The van der Waals surface area contributed by atoms with Gasteiger partial charge in [-0.1, -0.05) is 6.07 Å². The number of aromatic nitrogens is 2. The Morgan fingerprint density at radius 3 is 2.60 bits per heavy atom. The van der Waals surface area contributed by atoms with Gasteiger partial charge in [-0.25, -0.2) is 0 Å². The van der Waals surface area contributed by atoms with Crippen molar-refractivity contribution in [1.29, 1.82) is 0 Å².